The molecule has 1 aliphatic carbocycles. The van der Waals surface area contributed by atoms with Gasteiger partial charge in [-0.25, -0.2) is 4.98 Å². The molecular weight excluding hydrogens is 254 g/mol. The van der Waals surface area contributed by atoms with E-state index >= 15 is 0 Å². The molecule has 2 fully saturated rings. The highest BCUT2D eigenvalue weighted by Crippen LogP contribution is 2.39. The summed E-state index contributed by atoms with van der Waals surface area (Å²) >= 11 is 0. The maximum absolute atomic E-state index is 12.2. The first-order chi connectivity index (χ1) is 9.54. The number of oxazole rings is 1. The van der Waals surface area contributed by atoms with E-state index in [1.54, 1.807) is 6.20 Å². The van der Waals surface area contributed by atoms with Crippen LogP contribution in [0.25, 0.3) is 0 Å². The molecule has 0 radical (unpaired) electrons. The maximum Gasteiger partial charge on any atom is 0.288 e. The fourth-order valence-electron chi connectivity index (χ4n) is 2.76. The van der Waals surface area contributed by atoms with E-state index in [0.29, 0.717) is 23.6 Å². The highest BCUT2D eigenvalue weighted by Gasteiger charge is 2.33. The molecule has 2 atom stereocenters. The highest BCUT2D eigenvalue weighted by molar-refractivity contribution is 5.91. The third kappa shape index (κ3) is 2.73. The van der Waals surface area contributed by atoms with Gasteiger partial charge in [-0.3, -0.25) is 9.69 Å². The van der Waals surface area contributed by atoms with Crippen LogP contribution < -0.4 is 5.32 Å². The Morgan fingerprint density at radius 3 is 2.80 bits per heavy atom. The van der Waals surface area contributed by atoms with Crippen molar-refractivity contribution in [3.8, 4) is 0 Å². The Morgan fingerprint density at radius 1 is 1.45 bits per heavy atom. The molecule has 1 aromatic heterocycles. The molecule has 110 valence electrons. The van der Waals surface area contributed by atoms with E-state index < -0.39 is 0 Å². The van der Waals surface area contributed by atoms with Gasteiger partial charge in [0.1, 0.15) is 0 Å². The van der Waals surface area contributed by atoms with E-state index in [1.807, 2.05) is 0 Å². The second kappa shape index (κ2) is 5.20. The van der Waals surface area contributed by atoms with Crippen molar-refractivity contribution < 1.29 is 9.21 Å². The van der Waals surface area contributed by atoms with Crippen molar-refractivity contribution in [2.24, 2.45) is 5.92 Å². The van der Waals surface area contributed by atoms with Gasteiger partial charge in [0.15, 0.2) is 5.89 Å². The summed E-state index contributed by atoms with van der Waals surface area (Å²) < 4.78 is 5.55. The number of carbonyl (C=O) groups excluding carboxylic acids is 1. The lowest BCUT2D eigenvalue weighted by atomic mass is 10.1. The number of nitrogens with zero attached hydrogens (tertiary/aromatic N) is 2. The van der Waals surface area contributed by atoms with Crippen LogP contribution in [0.15, 0.2) is 10.6 Å². The average Bonchev–Trinajstić information content (AvgIpc) is 3.01. The van der Waals surface area contributed by atoms with E-state index in [1.165, 1.54) is 0 Å². The van der Waals surface area contributed by atoms with Crippen LogP contribution >= 0.6 is 0 Å². The third-order valence-electron chi connectivity index (χ3n) is 4.36. The minimum Gasteiger partial charge on any atom is -0.435 e. The molecule has 3 rings (SSSR count). The van der Waals surface area contributed by atoms with Gasteiger partial charge in [0, 0.05) is 31.1 Å². The summed E-state index contributed by atoms with van der Waals surface area (Å²) in [6.45, 7) is 8.51. The Hall–Kier alpha value is -1.36. The van der Waals surface area contributed by atoms with Gasteiger partial charge in [-0.05, 0) is 32.6 Å². The van der Waals surface area contributed by atoms with E-state index in [2.05, 4.69) is 36.0 Å². The van der Waals surface area contributed by atoms with Crippen molar-refractivity contribution in [1.29, 1.82) is 0 Å². The Kier molecular flexibility index (Phi) is 3.54. The molecule has 1 saturated heterocycles. The largest absolute Gasteiger partial charge is 0.435 e. The van der Waals surface area contributed by atoms with E-state index in [4.69, 9.17) is 4.42 Å². The number of amides is 1. The van der Waals surface area contributed by atoms with Gasteiger partial charge < -0.3 is 9.73 Å². The molecule has 2 heterocycles. The summed E-state index contributed by atoms with van der Waals surface area (Å²) in [6.07, 6.45) is 3.82. The Morgan fingerprint density at radius 2 is 2.20 bits per heavy atom. The molecule has 0 unspecified atom stereocenters. The van der Waals surface area contributed by atoms with Crippen LogP contribution in [0.4, 0.5) is 0 Å². The standard InChI is InChI=1S/C15H23N3O2/c1-9(2)18-7-10(3)12(8-18)17-14(19)13-6-16-15(20-13)11-4-5-11/h6,9-12H,4-5,7-8H2,1-3H3,(H,17,19)/t10-,12-/m0/s1. The summed E-state index contributed by atoms with van der Waals surface area (Å²) in [5, 5.41) is 3.09. The van der Waals surface area contributed by atoms with Gasteiger partial charge >= 0.3 is 0 Å². The average molecular weight is 277 g/mol. The normalized spacial score (nSPS) is 27.2. The van der Waals surface area contributed by atoms with Crippen molar-refractivity contribution in [2.75, 3.05) is 13.1 Å². The summed E-state index contributed by atoms with van der Waals surface area (Å²) in [6, 6.07) is 0.713. The molecule has 20 heavy (non-hydrogen) atoms. The van der Waals surface area contributed by atoms with Gasteiger partial charge in [0.05, 0.1) is 6.20 Å². The molecule has 1 amide bonds. The Labute approximate surface area is 119 Å². The van der Waals surface area contributed by atoms with Crippen LogP contribution in [0, 0.1) is 5.92 Å². The minimum atomic E-state index is -0.133. The first-order valence-electron chi connectivity index (χ1n) is 7.55. The van der Waals surface area contributed by atoms with E-state index in [-0.39, 0.29) is 11.9 Å². The molecule has 0 aromatic carbocycles. The smallest absolute Gasteiger partial charge is 0.288 e. The van der Waals surface area contributed by atoms with Crippen LogP contribution in [0.1, 0.15) is 56.0 Å². The lowest BCUT2D eigenvalue weighted by molar-refractivity contribution is 0.0901. The van der Waals surface area contributed by atoms with Crippen molar-refractivity contribution in [2.45, 2.75) is 51.6 Å². The lowest BCUT2D eigenvalue weighted by Crippen LogP contribution is -2.40. The minimum absolute atomic E-state index is 0.133. The molecule has 2 aliphatic rings. The number of rotatable bonds is 4. The fourth-order valence-corrected chi connectivity index (χ4v) is 2.76. The van der Waals surface area contributed by atoms with Crippen molar-refractivity contribution in [1.82, 2.24) is 15.2 Å². The number of carbonyl (C=O) groups is 1. The molecule has 5 nitrogen and oxygen atoms in total. The van der Waals surface area contributed by atoms with Crippen LogP contribution in [0.5, 0.6) is 0 Å². The molecule has 1 aromatic rings. The molecule has 0 bridgehead atoms. The SMILES string of the molecule is CC(C)N1C[C@H](NC(=O)c2cnc(C3CC3)o2)[C@@H](C)C1. The number of likely N-dealkylation sites (tertiary alicyclic amines) is 1. The molecule has 1 N–H and O–H groups in total. The van der Waals surface area contributed by atoms with Crippen LogP contribution in [0.3, 0.4) is 0 Å². The first kappa shape index (κ1) is 13.6. The highest BCUT2D eigenvalue weighted by atomic mass is 16.4. The predicted molar refractivity (Wildman–Crippen MR) is 75.6 cm³/mol. The monoisotopic (exact) mass is 277 g/mol. The molecule has 0 spiro atoms. The van der Waals surface area contributed by atoms with Crippen LogP contribution in [-0.2, 0) is 0 Å². The van der Waals surface area contributed by atoms with Crippen molar-refractivity contribution in [3.05, 3.63) is 17.8 Å². The zero-order valence-electron chi connectivity index (χ0n) is 12.4. The van der Waals surface area contributed by atoms with Crippen molar-refractivity contribution in [3.63, 3.8) is 0 Å². The van der Waals surface area contributed by atoms with Gasteiger partial charge in [-0.2, -0.15) is 0 Å². The zero-order valence-corrected chi connectivity index (χ0v) is 12.4. The Balaban J connectivity index is 1.60. The van der Waals surface area contributed by atoms with Gasteiger partial charge in [0.25, 0.3) is 5.91 Å². The second-order valence-electron chi connectivity index (χ2n) is 6.44. The quantitative estimate of drug-likeness (QED) is 0.914. The molecule has 5 heteroatoms. The first-order valence-corrected chi connectivity index (χ1v) is 7.55. The number of nitrogens with one attached hydrogen (secondary N) is 1. The predicted octanol–water partition coefficient (Wildman–Crippen LogP) is 2.01. The van der Waals surface area contributed by atoms with E-state index in [9.17, 15) is 4.79 Å². The third-order valence-corrected chi connectivity index (χ3v) is 4.36. The van der Waals surface area contributed by atoms with Crippen molar-refractivity contribution >= 4 is 5.91 Å². The fraction of sp³-hybridized carbons (Fsp3) is 0.733. The van der Waals surface area contributed by atoms with E-state index in [0.717, 1.165) is 31.8 Å². The van der Waals surface area contributed by atoms with Crippen LogP contribution in [0.2, 0.25) is 0 Å². The Bertz CT molecular complexity index is 493. The number of hydrogen-bond donors (Lipinski definition) is 1. The molecular formula is C15H23N3O2. The second-order valence-corrected chi connectivity index (χ2v) is 6.44. The topological polar surface area (TPSA) is 58.4 Å². The summed E-state index contributed by atoms with van der Waals surface area (Å²) in [5.74, 6) is 1.85. The zero-order chi connectivity index (χ0) is 14.3. The molecule has 1 saturated carbocycles. The van der Waals surface area contributed by atoms with Gasteiger partial charge in [0.2, 0.25) is 5.76 Å². The van der Waals surface area contributed by atoms with Gasteiger partial charge in [-0.15, -0.1) is 0 Å². The van der Waals surface area contributed by atoms with Gasteiger partial charge in [-0.1, -0.05) is 6.92 Å². The summed E-state index contributed by atoms with van der Waals surface area (Å²) in [7, 11) is 0. The summed E-state index contributed by atoms with van der Waals surface area (Å²) in [5.41, 5.74) is 0. The van der Waals surface area contributed by atoms with Crippen LogP contribution in [-0.4, -0.2) is 41.0 Å². The maximum atomic E-state index is 12.2. The summed E-state index contributed by atoms with van der Waals surface area (Å²) in [4.78, 5) is 18.8. The number of hydrogen-bond acceptors (Lipinski definition) is 4. The number of aromatic nitrogens is 1. The lowest BCUT2D eigenvalue weighted by Gasteiger charge is -2.20. The molecule has 1 aliphatic heterocycles.